The highest BCUT2D eigenvalue weighted by Gasteiger charge is 2.74. The van der Waals surface area contributed by atoms with Gasteiger partial charge in [-0.3, -0.25) is 9.59 Å². The minimum Gasteiger partial charge on any atom is -0.467 e. The quantitative estimate of drug-likeness (QED) is 0.451. The highest BCUT2D eigenvalue weighted by molar-refractivity contribution is 6.24. The Labute approximate surface area is 139 Å². The van der Waals surface area contributed by atoms with Crippen LogP contribution >= 0.6 is 0 Å². The van der Waals surface area contributed by atoms with Crippen LogP contribution in [0.1, 0.15) is 25.5 Å². The molecule has 24 heavy (non-hydrogen) atoms. The Morgan fingerprint density at radius 1 is 1.08 bits per heavy atom. The third-order valence-corrected chi connectivity index (χ3v) is 4.35. The van der Waals surface area contributed by atoms with Crippen molar-refractivity contribution in [3.05, 3.63) is 35.9 Å². The van der Waals surface area contributed by atoms with Crippen molar-refractivity contribution in [1.29, 1.82) is 0 Å². The molecule has 0 N–H and O–H groups in total. The van der Waals surface area contributed by atoms with Gasteiger partial charge in [-0.25, -0.2) is 9.59 Å². The predicted octanol–water partition coefficient (Wildman–Crippen LogP) is 0.880. The Bertz CT molecular complexity index is 668. The van der Waals surface area contributed by atoms with Gasteiger partial charge >= 0.3 is 11.9 Å². The Morgan fingerprint density at radius 3 is 2.00 bits per heavy atom. The predicted molar refractivity (Wildman–Crippen MR) is 82.6 cm³/mol. The van der Waals surface area contributed by atoms with Crippen molar-refractivity contribution >= 4 is 23.6 Å². The lowest BCUT2D eigenvalue weighted by Gasteiger charge is -2.54. The van der Waals surface area contributed by atoms with Gasteiger partial charge in [-0.2, -0.15) is 0 Å². The summed E-state index contributed by atoms with van der Waals surface area (Å²) in [5.41, 5.74) is -1.38. The fourth-order valence-corrected chi connectivity index (χ4v) is 3.24. The van der Waals surface area contributed by atoms with E-state index in [-0.39, 0.29) is 0 Å². The number of carbonyl (C=O) groups excluding carboxylic acids is 4. The number of hydrogen-bond acceptors (Lipinski definition) is 6. The van der Waals surface area contributed by atoms with Crippen LogP contribution in [0.25, 0.3) is 0 Å². The maximum atomic E-state index is 12.6. The van der Waals surface area contributed by atoms with Crippen molar-refractivity contribution in [2.24, 2.45) is 5.92 Å². The molecular weight excluding hydrogens is 314 g/mol. The standard InChI is InChI=1S/C17H19NO6/c1-10(12-8-6-5-7-9-12)18-14(20)13(11(2)19)17(18,15(21)23-3)16(22)24-4/h5-10,13H,1-4H3/t10-,13+/m1/s1. The van der Waals surface area contributed by atoms with Gasteiger partial charge in [-0.15, -0.1) is 0 Å². The number of methoxy groups -OCH3 is 2. The molecule has 0 saturated carbocycles. The highest BCUT2D eigenvalue weighted by atomic mass is 16.5. The number of hydrogen-bond donors (Lipinski definition) is 0. The van der Waals surface area contributed by atoms with Gasteiger partial charge in [0.2, 0.25) is 5.91 Å². The van der Waals surface area contributed by atoms with Crippen LogP contribution in [0.15, 0.2) is 30.3 Å². The Kier molecular flexibility index (Phi) is 4.73. The Morgan fingerprint density at radius 2 is 1.58 bits per heavy atom. The lowest BCUT2D eigenvalue weighted by atomic mass is 9.69. The van der Waals surface area contributed by atoms with E-state index >= 15 is 0 Å². The van der Waals surface area contributed by atoms with Crippen LogP contribution in [0.2, 0.25) is 0 Å². The fourth-order valence-electron chi connectivity index (χ4n) is 3.24. The number of likely N-dealkylation sites (tertiary alicyclic amines) is 1. The number of nitrogens with zero attached hydrogens (tertiary/aromatic N) is 1. The van der Waals surface area contributed by atoms with Crippen LogP contribution in [0.5, 0.6) is 0 Å². The lowest BCUT2D eigenvalue weighted by molar-refractivity contribution is -0.206. The number of benzene rings is 1. The second kappa shape index (κ2) is 6.43. The highest BCUT2D eigenvalue weighted by Crippen LogP contribution is 2.46. The van der Waals surface area contributed by atoms with Crippen molar-refractivity contribution in [3.8, 4) is 0 Å². The first kappa shape index (κ1) is 17.7. The van der Waals surface area contributed by atoms with E-state index in [0.717, 1.165) is 26.0 Å². The molecule has 1 amide bonds. The second-order valence-corrected chi connectivity index (χ2v) is 5.59. The Balaban J connectivity index is 2.59. The van der Waals surface area contributed by atoms with Crippen molar-refractivity contribution < 1.29 is 28.7 Å². The number of Topliss-reactive ketones (excluding diaryl/α,β-unsaturated/α-hetero) is 1. The maximum Gasteiger partial charge on any atom is 0.345 e. The molecule has 1 aliphatic heterocycles. The average molecular weight is 333 g/mol. The van der Waals surface area contributed by atoms with E-state index < -0.39 is 41.1 Å². The summed E-state index contributed by atoms with van der Waals surface area (Å²) >= 11 is 0. The van der Waals surface area contributed by atoms with E-state index in [1.807, 2.05) is 0 Å². The molecule has 0 radical (unpaired) electrons. The van der Waals surface area contributed by atoms with Gasteiger partial charge in [0.1, 0.15) is 11.7 Å². The molecule has 128 valence electrons. The molecule has 7 nitrogen and oxygen atoms in total. The van der Waals surface area contributed by atoms with Gasteiger partial charge in [-0.05, 0) is 19.4 Å². The summed E-state index contributed by atoms with van der Waals surface area (Å²) in [6, 6.07) is 8.26. The SMILES string of the molecule is COC(=O)C1(C(=O)OC)[C@@H](C(C)=O)C(=O)N1[C@H](C)c1ccccc1. The number of amides is 1. The number of β-lactam (4-membered cyclic amide) rings is 1. The zero-order valence-corrected chi connectivity index (χ0v) is 13.9. The molecule has 0 aromatic heterocycles. The molecule has 0 spiro atoms. The minimum atomic E-state index is -2.10. The summed E-state index contributed by atoms with van der Waals surface area (Å²) in [7, 11) is 2.19. The van der Waals surface area contributed by atoms with Crippen LogP contribution in [0.4, 0.5) is 0 Å². The molecule has 1 heterocycles. The minimum absolute atomic E-state index is 0.590. The smallest absolute Gasteiger partial charge is 0.345 e. The van der Waals surface area contributed by atoms with Crippen molar-refractivity contribution in [2.75, 3.05) is 14.2 Å². The molecule has 1 aromatic carbocycles. The van der Waals surface area contributed by atoms with Crippen molar-refractivity contribution in [3.63, 3.8) is 0 Å². The molecule has 0 unspecified atom stereocenters. The molecule has 7 heteroatoms. The first-order valence-electron chi connectivity index (χ1n) is 7.39. The largest absolute Gasteiger partial charge is 0.467 e. The average Bonchev–Trinajstić information content (AvgIpc) is 2.58. The van der Waals surface area contributed by atoms with Gasteiger partial charge in [0.05, 0.1) is 20.3 Å². The van der Waals surface area contributed by atoms with Crippen LogP contribution < -0.4 is 0 Å². The monoisotopic (exact) mass is 333 g/mol. The van der Waals surface area contributed by atoms with Gasteiger partial charge < -0.3 is 14.4 Å². The van der Waals surface area contributed by atoms with Gasteiger partial charge in [0, 0.05) is 0 Å². The van der Waals surface area contributed by atoms with Crippen molar-refractivity contribution in [2.45, 2.75) is 25.4 Å². The molecule has 2 atom stereocenters. The third kappa shape index (κ3) is 2.28. The lowest BCUT2D eigenvalue weighted by Crippen LogP contribution is -2.80. The summed E-state index contributed by atoms with van der Waals surface area (Å²) in [6.45, 7) is 2.83. The van der Waals surface area contributed by atoms with Crippen LogP contribution in [-0.4, -0.2) is 48.3 Å². The number of ether oxygens (including phenoxy) is 2. The number of esters is 2. The van der Waals surface area contributed by atoms with E-state index in [2.05, 4.69) is 0 Å². The van der Waals surface area contributed by atoms with E-state index in [0.29, 0.717) is 5.56 Å². The first-order chi connectivity index (χ1) is 11.3. The van der Waals surface area contributed by atoms with Crippen LogP contribution in [-0.2, 0) is 28.7 Å². The third-order valence-electron chi connectivity index (χ3n) is 4.35. The topological polar surface area (TPSA) is 90.0 Å². The van der Waals surface area contributed by atoms with Crippen LogP contribution in [0.3, 0.4) is 0 Å². The summed E-state index contributed by atoms with van der Waals surface area (Å²) in [5.74, 6) is -4.61. The van der Waals surface area contributed by atoms with Gasteiger partial charge in [0.15, 0.2) is 0 Å². The van der Waals surface area contributed by atoms with E-state index in [1.54, 1.807) is 37.3 Å². The Hall–Kier alpha value is -2.70. The molecule has 0 bridgehead atoms. The molecule has 1 aromatic rings. The molecule has 1 fully saturated rings. The van der Waals surface area contributed by atoms with Crippen LogP contribution in [0, 0.1) is 5.92 Å². The summed E-state index contributed by atoms with van der Waals surface area (Å²) in [5, 5.41) is 0. The number of rotatable bonds is 5. The zero-order chi connectivity index (χ0) is 18.1. The first-order valence-corrected chi connectivity index (χ1v) is 7.39. The second-order valence-electron chi connectivity index (χ2n) is 5.59. The van der Waals surface area contributed by atoms with Gasteiger partial charge in [0.25, 0.3) is 5.54 Å². The van der Waals surface area contributed by atoms with Crippen molar-refractivity contribution in [1.82, 2.24) is 4.90 Å². The van der Waals surface area contributed by atoms with E-state index in [9.17, 15) is 19.2 Å². The zero-order valence-electron chi connectivity index (χ0n) is 13.9. The molecule has 0 aliphatic carbocycles. The number of carbonyl (C=O) groups is 4. The van der Waals surface area contributed by atoms with E-state index in [1.165, 1.54) is 0 Å². The molecule has 1 saturated heterocycles. The molecule has 2 rings (SSSR count). The summed E-state index contributed by atoms with van der Waals surface area (Å²) in [4.78, 5) is 50.5. The molecule has 1 aliphatic rings. The maximum absolute atomic E-state index is 12.6. The summed E-state index contributed by atoms with van der Waals surface area (Å²) in [6.07, 6.45) is 0. The fraction of sp³-hybridized carbons (Fsp3) is 0.412. The number of ketones is 1. The summed E-state index contributed by atoms with van der Waals surface area (Å²) < 4.78 is 9.48. The van der Waals surface area contributed by atoms with E-state index in [4.69, 9.17) is 9.47 Å². The normalized spacial score (nSPS) is 19.9. The molecular formula is C17H19NO6. The van der Waals surface area contributed by atoms with Gasteiger partial charge in [-0.1, -0.05) is 30.3 Å².